The number of hydroxylamine groups is 2. The van der Waals surface area contributed by atoms with Gasteiger partial charge < -0.3 is 4.84 Å². The number of fused-ring (bicyclic) bond motifs is 1. The second kappa shape index (κ2) is 6.16. The Balaban J connectivity index is 1.56. The Kier molecular flexibility index (Phi) is 3.81. The molecule has 8 heteroatoms. The van der Waals surface area contributed by atoms with E-state index in [9.17, 15) is 18.8 Å². The number of rotatable bonds is 3. The van der Waals surface area contributed by atoms with Crippen LogP contribution in [0, 0.1) is 5.82 Å². The number of aromatic nitrogens is 1. The fourth-order valence-electron chi connectivity index (χ4n) is 2.51. The summed E-state index contributed by atoms with van der Waals surface area (Å²) >= 11 is 0.903. The lowest BCUT2D eigenvalue weighted by atomic mass is 10.1. The predicted octanol–water partition coefficient (Wildman–Crippen LogP) is 3.32. The Hall–Kier alpha value is -3.39. The maximum atomic E-state index is 13.8. The molecule has 1 aromatic heterocycles. The number of nitrogens with zero attached hydrogens (tertiary/aromatic N) is 2. The van der Waals surface area contributed by atoms with E-state index in [0.717, 1.165) is 11.3 Å². The summed E-state index contributed by atoms with van der Waals surface area (Å²) in [6.45, 7) is 0. The van der Waals surface area contributed by atoms with E-state index in [4.69, 9.17) is 4.84 Å². The number of halogens is 1. The minimum atomic E-state index is -0.917. The number of carbonyl (C=O) groups is 3. The first-order valence-corrected chi connectivity index (χ1v) is 8.29. The van der Waals surface area contributed by atoms with Gasteiger partial charge in [0.05, 0.1) is 17.3 Å². The third-order valence-electron chi connectivity index (χ3n) is 3.74. The zero-order valence-electron chi connectivity index (χ0n) is 13.0. The summed E-state index contributed by atoms with van der Waals surface area (Å²) in [5.41, 5.74) is 0.584. The molecule has 1 aliphatic heterocycles. The molecule has 128 valence electrons. The molecule has 0 bridgehead atoms. The summed E-state index contributed by atoms with van der Waals surface area (Å²) < 4.78 is 13.8. The van der Waals surface area contributed by atoms with E-state index in [2.05, 4.69) is 4.98 Å². The molecule has 0 saturated carbocycles. The molecule has 0 saturated heterocycles. The Bertz CT molecular complexity index is 1030. The van der Waals surface area contributed by atoms with Crippen molar-refractivity contribution in [2.45, 2.75) is 0 Å². The van der Waals surface area contributed by atoms with Crippen molar-refractivity contribution in [2.75, 3.05) is 0 Å². The number of amides is 2. The van der Waals surface area contributed by atoms with E-state index in [1.807, 2.05) is 0 Å². The number of thiazole rings is 1. The molecule has 6 nitrogen and oxygen atoms in total. The summed E-state index contributed by atoms with van der Waals surface area (Å²) in [6.07, 6.45) is 1.22. The summed E-state index contributed by atoms with van der Waals surface area (Å²) in [7, 11) is 0. The van der Waals surface area contributed by atoms with Gasteiger partial charge in [-0.2, -0.15) is 0 Å². The van der Waals surface area contributed by atoms with Crippen LogP contribution in [0.2, 0.25) is 0 Å². The molecule has 1 aliphatic rings. The molecular formula is C18H9FN2O4S. The second-order valence-corrected chi connectivity index (χ2v) is 6.37. The fourth-order valence-corrected chi connectivity index (χ4v) is 3.32. The zero-order valence-corrected chi connectivity index (χ0v) is 13.8. The van der Waals surface area contributed by atoms with Gasteiger partial charge in [0.15, 0.2) is 0 Å². The molecule has 0 aliphatic carbocycles. The lowest BCUT2D eigenvalue weighted by Gasteiger charge is -2.11. The Labute approximate surface area is 150 Å². The van der Waals surface area contributed by atoms with Gasteiger partial charge in [0.25, 0.3) is 11.8 Å². The maximum Gasteiger partial charge on any atom is 0.375 e. The average molecular weight is 368 g/mol. The van der Waals surface area contributed by atoms with Crippen LogP contribution in [0.1, 0.15) is 30.4 Å². The number of hydrogen-bond donors (Lipinski definition) is 0. The number of imide groups is 1. The fraction of sp³-hybridized carbons (Fsp3) is 0. The zero-order chi connectivity index (χ0) is 18.3. The van der Waals surface area contributed by atoms with Crippen LogP contribution in [-0.2, 0) is 4.84 Å². The molecule has 0 N–H and O–H groups in total. The van der Waals surface area contributed by atoms with Crippen molar-refractivity contribution in [2.24, 2.45) is 0 Å². The van der Waals surface area contributed by atoms with Crippen molar-refractivity contribution in [1.29, 1.82) is 0 Å². The first-order valence-electron chi connectivity index (χ1n) is 7.47. The molecule has 0 radical (unpaired) electrons. The van der Waals surface area contributed by atoms with Crippen LogP contribution < -0.4 is 0 Å². The molecule has 3 aromatic rings. The van der Waals surface area contributed by atoms with Gasteiger partial charge in [-0.1, -0.05) is 29.3 Å². The van der Waals surface area contributed by atoms with E-state index >= 15 is 0 Å². The first-order chi connectivity index (χ1) is 12.6. The largest absolute Gasteiger partial charge is 0.375 e. The van der Waals surface area contributed by atoms with Crippen molar-refractivity contribution < 1.29 is 23.6 Å². The standard InChI is InChI=1S/C18H9FN2O4S/c19-13-8-4-3-7-12(13)15-20-9-14(26-15)18(24)25-21-16(22)10-5-1-2-6-11(10)17(21)23/h1-9H. The molecule has 0 spiro atoms. The quantitative estimate of drug-likeness (QED) is 0.663. The number of hydrogen-bond acceptors (Lipinski definition) is 6. The highest BCUT2D eigenvalue weighted by Gasteiger charge is 2.39. The van der Waals surface area contributed by atoms with Gasteiger partial charge in [0.2, 0.25) is 0 Å². The van der Waals surface area contributed by atoms with E-state index in [1.165, 1.54) is 30.5 Å². The van der Waals surface area contributed by atoms with Crippen LogP contribution in [0.3, 0.4) is 0 Å². The third kappa shape index (κ3) is 2.56. The number of carbonyl (C=O) groups excluding carboxylic acids is 3. The second-order valence-electron chi connectivity index (χ2n) is 5.34. The number of benzene rings is 2. The SMILES string of the molecule is O=C(ON1C(=O)c2ccccc2C1=O)c1cnc(-c2ccccc2F)s1. The lowest BCUT2D eigenvalue weighted by Crippen LogP contribution is -2.32. The predicted molar refractivity (Wildman–Crippen MR) is 89.9 cm³/mol. The van der Waals surface area contributed by atoms with Crippen molar-refractivity contribution >= 4 is 29.1 Å². The molecule has 2 amide bonds. The molecular weight excluding hydrogens is 359 g/mol. The van der Waals surface area contributed by atoms with Gasteiger partial charge >= 0.3 is 5.97 Å². The van der Waals surface area contributed by atoms with Gasteiger partial charge in [-0.3, -0.25) is 9.59 Å². The third-order valence-corrected chi connectivity index (χ3v) is 4.75. The van der Waals surface area contributed by atoms with Gasteiger partial charge in [-0.15, -0.1) is 11.3 Å². The summed E-state index contributed by atoms with van der Waals surface area (Å²) in [5, 5.41) is 0.715. The lowest BCUT2D eigenvalue weighted by molar-refractivity contribution is -0.0581. The van der Waals surface area contributed by atoms with E-state index in [0.29, 0.717) is 5.06 Å². The van der Waals surface area contributed by atoms with Gasteiger partial charge in [-0.25, -0.2) is 14.2 Å². The Morgan fingerprint density at radius 2 is 1.54 bits per heavy atom. The molecule has 0 atom stereocenters. The topological polar surface area (TPSA) is 76.6 Å². The monoisotopic (exact) mass is 368 g/mol. The van der Waals surface area contributed by atoms with Crippen molar-refractivity contribution in [3.8, 4) is 10.6 Å². The minimum absolute atomic E-state index is 0.0415. The highest BCUT2D eigenvalue weighted by Crippen LogP contribution is 2.29. The molecule has 4 rings (SSSR count). The molecule has 0 unspecified atom stereocenters. The summed E-state index contributed by atoms with van der Waals surface area (Å²) in [6, 6.07) is 12.2. The van der Waals surface area contributed by atoms with Crippen LogP contribution in [0.4, 0.5) is 4.39 Å². The summed E-state index contributed by atoms with van der Waals surface area (Å²) in [5.74, 6) is -2.81. The molecule has 26 heavy (non-hydrogen) atoms. The Morgan fingerprint density at radius 1 is 0.962 bits per heavy atom. The van der Waals surface area contributed by atoms with Crippen LogP contribution in [0.15, 0.2) is 54.7 Å². The van der Waals surface area contributed by atoms with Crippen LogP contribution in [0.25, 0.3) is 10.6 Å². The van der Waals surface area contributed by atoms with Crippen molar-refractivity contribution in [3.05, 3.63) is 76.5 Å². The maximum absolute atomic E-state index is 13.8. The van der Waals surface area contributed by atoms with Gasteiger partial charge in [-0.05, 0) is 24.3 Å². The smallest absolute Gasteiger partial charge is 0.323 e. The van der Waals surface area contributed by atoms with Crippen LogP contribution >= 0.6 is 11.3 Å². The van der Waals surface area contributed by atoms with Crippen LogP contribution in [0.5, 0.6) is 0 Å². The first kappa shape index (κ1) is 16.1. The van der Waals surface area contributed by atoms with Crippen molar-refractivity contribution in [1.82, 2.24) is 10.0 Å². The average Bonchev–Trinajstić information content (AvgIpc) is 3.23. The van der Waals surface area contributed by atoms with Gasteiger partial charge in [0.1, 0.15) is 15.7 Å². The minimum Gasteiger partial charge on any atom is -0.323 e. The van der Waals surface area contributed by atoms with E-state index in [1.54, 1.807) is 24.3 Å². The highest BCUT2D eigenvalue weighted by atomic mass is 32.1. The highest BCUT2D eigenvalue weighted by molar-refractivity contribution is 7.16. The van der Waals surface area contributed by atoms with Crippen molar-refractivity contribution in [3.63, 3.8) is 0 Å². The normalized spacial score (nSPS) is 13.0. The van der Waals surface area contributed by atoms with Crippen LogP contribution in [-0.4, -0.2) is 27.8 Å². The Morgan fingerprint density at radius 3 is 2.15 bits per heavy atom. The van der Waals surface area contributed by atoms with Gasteiger partial charge in [0, 0.05) is 5.56 Å². The molecule has 0 fully saturated rings. The molecule has 2 heterocycles. The molecule has 2 aromatic carbocycles. The summed E-state index contributed by atoms with van der Waals surface area (Å²) in [4.78, 5) is 45.7. The van der Waals surface area contributed by atoms with E-state index in [-0.39, 0.29) is 26.6 Å². The van der Waals surface area contributed by atoms with E-state index < -0.39 is 23.6 Å².